The lowest BCUT2D eigenvalue weighted by Gasteiger charge is -2.29. The molecule has 1 unspecified atom stereocenters. The van der Waals surface area contributed by atoms with Crippen LogP contribution in [0.25, 0.3) is 0 Å². The van der Waals surface area contributed by atoms with Crippen molar-refractivity contribution in [2.75, 3.05) is 31.6 Å². The SMILES string of the molecule is CN1CCCC(CSCC(=O)O)C1. The number of nitrogens with zero attached hydrogens (tertiary/aromatic N) is 1. The van der Waals surface area contributed by atoms with Crippen molar-refractivity contribution in [1.82, 2.24) is 4.90 Å². The molecule has 1 fully saturated rings. The van der Waals surface area contributed by atoms with Gasteiger partial charge in [-0.15, -0.1) is 11.8 Å². The molecule has 0 aromatic rings. The van der Waals surface area contributed by atoms with Crippen LogP contribution in [0.2, 0.25) is 0 Å². The Morgan fingerprint density at radius 1 is 1.69 bits per heavy atom. The number of hydrogen-bond donors (Lipinski definition) is 1. The molecule has 0 saturated carbocycles. The summed E-state index contributed by atoms with van der Waals surface area (Å²) in [5.41, 5.74) is 0. The minimum absolute atomic E-state index is 0.250. The van der Waals surface area contributed by atoms with E-state index in [0.29, 0.717) is 5.92 Å². The molecular formula is C9H17NO2S. The first kappa shape index (κ1) is 10.9. The molecule has 3 nitrogen and oxygen atoms in total. The molecule has 0 aromatic carbocycles. The molecule has 1 aliphatic rings. The Morgan fingerprint density at radius 3 is 3.08 bits per heavy atom. The quantitative estimate of drug-likeness (QED) is 0.744. The van der Waals surface area contributed by atoms with Crippen molar-refractivity contribution >= 4 is 17.7 Å². The molecule has 76 valence electrons. The van der Waals surface area contributed by atoms with E-state index in [1.54, 1.807) is 11.8 Å². The predicted octanol–water partition coefficient (Wildman–Crippen LogP) is 1.15. The smallest absolute Gasteiger partial charge is 0.313 e. The van der Waals surface area contributed by atoms with E-state index in [4.69, 9.17) is 5.11 Å². The van der Waals surface area contributed by atoms with Crippen molar-refractivity contribution in [2.45, 2.75) is 12.8 Å². The van der Waals surface area contributed by atoms with Gasteiger partial charge in [0.05, 0.1) is 5.75 Å². The second-order valence-electron chi connectivity index (χ2n) is 3.68. The number of piperidine rings is 1. The molecule has 1 rings (SSSR count). The summed E-state index contributed by atoms with van der Waals surface area (Å²) >= 11 is 1.54. The lowest BCUT2D eigenvalue weighted by atomic mass is 10.0. The van der Waals surface area contributed by atoms with Crippen molar-refractivity contribution in [3.8, 4) is 0 Å². The summed E-state index contributed by atoms with van der Waals surface area (Å²) in [4.78, 5) is 12.6. The van der Waals surface area contributed by atoms with Gasteiger partial charge in [0.1, 0.15) is 0 Å². The third-order valence-corrected chi connectivity index (χ3v) is 3.46. The number of carboxylic acids is 1. The largest absolute Gasteiger partial charge is 0.481 e. The molecule has 4 heteroatoms. The van der Waals surface area contributed by atoms with Gasteiger partial charge in [0.2, 0.25) is 0 Å². The molecule has 1 aliphatic heterocycles. The van der Waals surface area contributed by atoms with Crippen molar-refractivity contribution < 1.29 is 9.90 Å². The van der Waals surface area contributed by atoms with E-state index in [-0.39, 0.29) is 5.75 Å². The van der Waals surface area contributed by atoms with E-state index in [0.717, 1.165) is 12.3 Å². The fourth-order valence-corrected chi connectivity index (χ4v) is 2.62. The number of carbonyl (C=O) groups is 1. The van der Waals surface area contributed by atoms with Gasteiger partial charge in [-0.05, 0) is 38.1 Å². The molecule has 1 N–H and O–H groups in total. The van der Waals surface area contributed by atoms with E-state index in [9.17, 15) is 4.79 Å². The van der Waals surface area contributed by atoms with Crippen molar-refractivity contribution in [1.29, 1.82) is 0 Å². The van der Waals surface area contributed by atoms with Crippen LogP contribution in [0, 0.1) is 5.92 Å². The fourth-order valence-electron chi connectivity index (χ4n) is 1.72. The van der Waals surface area contributed by atoms with Crippen LogP contribution in [0.3, 0.4) is 0 Å². The lowest BCUT2D eigenvalue weighted by Crippen LogP contribution is -2.33. The third kappa shape index (κ3) is 4.52. The summed E-state index contributed by atoms with van der Waals surface area (Å²) in [6.45, 7) is 2.33. The Labute approximate surface area is 83.5 Å². The van der Waals surface area contributed by atoms with Crippen LogP contribution < -0.4 is 0 Å². The van der Waals surface area contributed by atoms with Crippen LogP contribution >= 0.6 is 11.8 Å². The molecule has 0 amide bonds. The third-order valence-electron chi connectivity index (χ3n) is 2.30. The number of rotatable bonds is 4. The van der Waals surface area contributed by atoms with Crippen LogP contribution in [-0.2, 0) is 4.79 Å². The molecule has 1 saturated heterocycles. The van der Waals surface area contributed by atoms with Gasteiger partial charge in [0.15, 0.2) is 0 Å². The Hall–Kier alpha value is -0.220. The average molecular weight is 203 g/mol. The van der Waals surface area contributed by atoms with Crippen molar-refractivity contribution in [3.63, 3.8) is 0 Å². The normalized spacial score (nSPS) is 24.5. The standard InChI is InChI=1S/C9H17NO2S/c1-10-4-2-3-8(5-10)6-13-7-9(11)12/h8H,2-7H2,1H3,(H,11,12). The van der Waals surface area contributed by atoms with Gasteiger partial charge in [0.25, 0.3) is 0 Å². The number of thioether (sulfide) groups is 1. The highest BCUT2D eigenvalue weighted by Gasteiger charge is 2.16. The zero-order chi connectivity index (χ0) is 9.68. The second-order valence-corrected chi connectivity index (χ2v) is 4.71. The first-order chi connectivity index (χ1) is 6.18. The summed E-state index contributed by atoms with van der Waals surface area (Å²) in [7, 11) is 2.13. The highest BCUT2D eigenvalue weighted by atomic mass is 32.2. The van der Waals surface area contributed by atoms with E-state index in [1.807, 2.05) is 0 Å². The highest BCUT2D eigenvalue weighted by Crippen LogP contribution is 2.19. The molecule has 0 bridgehead atoms. The molecular weight excluding hydrogens is 186 g/mol. The first-order valence-corrected chi connectivity index (χ1v) is 5.82. The van der Waals surface area contributed by atoms with Crippen molar-refractivity contribution in [2.24, 2.45) is 5.92 Å². The second kappa shape index (κ2) is 5.50. The van der Waals surface area contributed by atoms with E-state index >= 15 is 0 Å². The topological polar surface area (TPSA) is 40.5 Å². The van der Waals surface area contributed by atoms with Crippen LogP contribution in [0.4, 0.5) is 0 Å². The van der Waals surface area contributed by atoms with Crippen LogP contribution in [-0.4, -0.2) is 47.6 Å². The summed E-state index contributed by atoms with van der Waals surface area (Å²) in [6, 6.07) is 0. The molecule has 1 heterocycles. The number of carboxylic acid groups (broad SMARTS) is 1. The average Bonchev–Trinajstić information content (AvgIpc) is 2.03. The van der Waals surface area contributed by atoms with Gasteiger partial charge in [-0.1, -0.05) is 0 Å². The summed E-state index contributed by atoms with van der Waals surface area (Å²) < 4.78 is 0. The lowest BCUT2D eigenvalue weighted by molar-refractivity contribution is -0.133. The molecule has 0 radical (unpaired) electrons. The Balaban J connectivity index is 2.10. The summed E-state index contributed by atoms with van der Waals surface area (Å²) in [5, 5.41) is 8.46. The molecule has 0 aliphatic carbocycles. The maximum Gasteiger partial charge on any atom is 0.313 e. The molecule has 1 atom stereocenters. The van der Waals surface area contributed by atoms with Gasteiger partial charge in [-0.25, -0.2) is 0 Å². The maximum atomic E-state index is 10.3. The van der Waals surface area contributed by atoms with E-state index < -0.39 is 5.97 Å². The van der Waals surface area contributed by atoms with Crippen LogP contribution in [0.15, 0.2) is 0 Å². The minimum Gasteiger partial charge on any atom is -0.481 e. The Kier molecular flexibility index (Phi) is 4.59. The number of aliphatic carboxylic acids is 1. The van der Waals surface area contributed by atoms with Crippen LogP contribution in [0.5, 0.6) is 0 Å². The monoisotopic (exact) mass is 203 g/mol. The zero-order valence-electron chi connectivity index (χ0n) is 8.03. The molecule has 0 aromatic heterocycles. The molecule has 0 spiro atoms. The first-order valence-electron chi connectivity index (χ1n) is 4.66. The minimum atomic E-state index is -0.700. The summed E-state index contributed by atoms with van der Waals surface area (Å²) in [5.74, 6) is 1.24. The van der Waals surface area contributed by atoms with Crippen LogP contribution in [0.1, 0.15) is 12.8 Å². The van der Waals surface area contributed by atoms with Gasteiger partial charge in [-0.3, -0.25) is 4.79 Å². The van der Waals surface area contributed by atoms with Crippen molar-refractivity contribution in [3.05, 3.63) is 0 Å². The zero-order valence-corrected chi connectivity index (χ0v) is 8.85. The Bertz CT molecular complexity index is 175. The van der Waals surface area contributed by atoms with Gasteiger partial charge < -0.3 is 10.0 Å². The Morgan fingerprint density at radius 2 is 2.46 bits per heavy atom. The van der Waals surface area contributed by atoms with Gasteiger partial charge in [0, 0.05) is 6.54 Å². The van der Waals surface area contributed by atoms with E-state index in [1.165, 1.54) is 19.4 Å². The number of hydrogen-bond acceptors (Lipinski definition) is 3. The maximum absolute atomic E-state index is 10.3. The predicted molar refractivity (Wildman–Crippen MR) is 55.2 cm³/mol. The highest BCUT2D eigenvalue weighted by molar-refractivity contribution is 7.99. The fraction of sp³-hybridized carbons (Fsp3) is 0.889. The van der Waals surface area contributed by atoms with Gasteiger partial charge in [-0.2, -0.15) is 0 Å². The number of likely N-dealkylation sites (tertiary alicyclic amines) is 1. The van der Waals surface area contributed by atoms with Gasteiger partial charge >= 0.3 is 5.97 Å². The molecule has 13 heavy (non-hydrogen) atoms. The van der Waals surface area contributed by atoms with E-state index in [2.05, 4.69) is 11.9 Å². The summed E-state index contributed by atoms with van der Waals surface area (Å²) in [6.07, 6.45) is 2.52.